The van der Waals surface area contributed by atoms with Crippen molar-refractivity contribution in [3.05, 3.63) is 89.4 Å². The predicted octanol–water partition coefficient (Wildman–Crippen LogP) is 4.32. The van der Waals surface area contributed by atoms with Crippen LogP contribution in [-0.2, 0) is 12.7 Å². The van der Waals surface area contributed by atoms with Crippen LogP contribution in [0.25, 0.3) is 5.65 Å². The fourth-order valence-corrected chi connectivity index (χ4v) is 4.62. The number of nitrogens with one attached hydrogen (secondary N) is 1. The summed E-state index contributed by atoms with van der Waals surface area (Å²) >= 11 is 0. The molecule has 8 nitrogen and oxygen atoms in total. The average Bonchev–Trinajstić information content (AvgIpc) is 3.36. The van der Waals surface area contributed by atoms with Gasteiger partial charge in [-0.2, -0.15) is 13.2 Å². The van der Waals surface area contributed by atoms with Crippen LogP contribution < -0.4 is 5.32 Å². The quantitative estimate of drug-likeness (QED) is 0.375. The molecule has 40 heavy (non-hydrogen) atoms. The zero-order valence-electron chi connectivity index (χ0n) is 22.1. The zero-order valence-corrected chi connectivity index (χ0v) is 22.1. The fraction of sp³-hybridized carbons (Fsp3) is 0.310. The second kappa shape index (κ2) is 11.5. The number of pyridine rings is 1. The third-order valence-corrected chi connectivity index (χ3v) is 6.82. The van der Waals surface area contributed by atoms with E-state index in [1.165, 1.54) is 18.2 Å². The van der Waals surface area contributed by atoms with Gasteiger partial charge >= 0.3 is 6.18 Å². The smallest absolute Gasteiger partial charge is 0.321 e. The largest absolute Gasteiger partial charge is 0.416 e. The van der Waals surface area contributed by atoms with Gasteiger partial charge in [-0.05, 0) is 55.5 Å². The van der Waals surface area contributed by atoms with Crippen LogP contribution in [0.5, 0.6) is 0 Å². The average molecular weight is 548 g/mol. The summed E-state index contributed by atoms with van der Waals surface area (Å²) in [5.41, 5.74) is 1.11. The predicted molar refractivity (Wildman–Crippen MR) is 145 cm³/mol. The Labute approximate surface area is 229 Å². The molecule has 1 saturated heterocycles. The number of aromatic nitrogens is 4. The Morgan fingerprint density at radius 1 is 1.07 bits per heavy atom. The molecule has 0 bridgehead atoms. The highest BCUT2D eigenvalue weighted by Gasteiger charge is 2.34. The molecular weight excluding hydrogens is 519 g/mol. The second-order valence-corrected chi connectivity index (χ2v) is 9.84. The van der Waals surface area contributed by atoms with Gasteiger partial charge in [0.15, 0.2) is 5.65 Å². The Bertz CT molecular complexity index is 1580. The minimum Gasteiger partial charge on any atom is -0.321 e. The van der Waals surface area contributed by atoms with Crippen molar-refractivity contribution in [2.45, 2.75) is 32.6 Å². The lowest BCUT2D eigenvalue weighted by molar-refractivity contribution is -0.138. The van der Waals surface area contributed by atoms with E-state index in [2.05, 4.69) is 50.9 Å². The topological polar surface area (TPSA) is 78.7 Å². The van der Waals surface area contributed by atoms with E-state index in [-0.39, 0.29) is 23.5 Å². The van der Waals surface area contributed by atoms with Crippen molar-refractivity contribution in [3.63, 3.8) is 0 Å². The van der Waals surface area contributed by atoms with Gasteiger partial charge in [0.2, 0.25) is 0 Å². The van der Waals surface area contributed by atoms with Crippen molar-refractivity contribution in [3.8, 4) is 11.8 Å². The Morgan fingerprint density at radius 3 is 2.62 bits per heavy atom. The molecule has 4 aromatic rings. The molecule has 5 rings (SSSR count). The van der Waals surface area contributed by atoms with Gasteiger partial charge in [-0.25, -0.2) is 9.97 Å². The number of imidazole rings is 1. The standard InChI is InChI=1S/C29H28F3N7O/c1-20(2)38-14-12-37(13-15-38)19-21-6-7-23(16-25(21)29(30,31)32)36-28(40)26-5-3-4-22(35-26)8-9-24-17-34-27-18-33-10-11-39(24)27/h3-7,10-11,16-18,20H,12-15,19H2,1-2H3,(H,36,40). The van der Waals surface area contributed by atoms with Crippen LogP contribution in [0.15, 0.2) is 61.2 Å². The molecule has 1 aliphatic heterocycles. The van der Waals surface area contributed by atoms with E-state index in [0.29, 0.717) is 36.2 Å². The summed E-state index contributed by atoms with van der Waals surface area (Å²) in [7, 11) is 0. The van der Waals surface area contributed by atoms with Crippen molar-refractivity contribution in [1.82, 2.24) is 29.2 Å². The number of hydrogen-bond acceptors (Lipinski definition) is 6. The van der Waals surface area contributed by atoms with Crippen LogP contribution in [0, 0.1) is 11.8 Å². The van der Waals surface area contributed by atoms with E-state index < -0.39 is 17.6 Å². The number of carbonyl (C=O) groups is 1. The Hall–Kier alpha value is -4.27. The fourth-order valence-electron chi connectivity index (χ4n) is 4.62. The molecule has 0 radical (unpaired) electrons. The lowest BCUT2D eigenvalue weighted by atomic mass is 10.0. The first kappa shape index (κ1) is 27.3. The van der Waals surface area contributed by atoms with Crippen LogP contribution in [0.3, 0.4) is 0 Å². The maximum absolute atomic E-state index is 14.0. The number of carbonyl (C=O) groups excluding carboxylic acids is 1. The van der Waals surface area contributed by atoms with Crippen LogP contribution in [0.4, 0.5) is 18.9 Å². The minimum atomic E-state index is -4.56. The highest BCUT2D eigenvalue weighted by molar-refractivity contribution is 6.03. The molecule has 0 spiro atoms. The summed E-state index contributed by atoms with van der Waals surface area (Å²) in [6, 6.07) is 9.08. The number of fused-ring (bicyclic) bond motifs is 1. The molecule has 3 aromatic heterocycles. The molecule has 1 fully saturated rings. The van der Waals surface area contributed by atoms with Gasteiger partial charge in [-0.1, -0.05) is 12.1 Å². The SMILES string of the molecule is CC(C)N1CCN(Cc2ccc(NC(=O)c3cccc(C#Cc4cnc5cnccn45)n3)cc2C(F)(F)F)CC1. The first-order valence-electron chi connectivity index (χ1n) is 12.9. The molecule has 1 aromatic carbocycles. The van der Waals surface area contributed by atoms with E-state index in [0.717, 1.165) is 19.2 Å². The number of piperazine rings is 1. The van der Waals surface area contributed by atoms with Crippen LogP contribution in [0.2, 0.25) is 0 Å². The number of rotatable bonds is 5. The molecular formula is C29H28F3N7O. The summed E-state index contributed by atoms with van der Waals surface area (Å²) in [4.78, 5) is 29.7. The maximum atomic E-state index is 14.0. The highest BCUT2D eigenvalue weighted by atomic mass is 19.4. The molecule has 1 aliphatic rings. The molecule has 1 amide bonds. The zero-order chi connectivity index (χ0) is 28.3. The first-order valence-corrected chi connectivity index (χ1v) is 12.9. The van der Waals surface area contributed by atoms with Crippen LogP contribution >= 0.6 is 0 Å². The molecule has 0 atom stereocenters. The van der Waals surface area contributed by atoms with E-state index >= 15 is 0 Å². The molecule has 0 unspecified atom stereocenters. The normalized spacial score (nSPS) is 14.8. The number of halogens is 3. The summed E-state index contributed by atoms with van der Waals surface area (Å²) < 4.78 is 43.7. The summed E-state index contributed by atoms with van der Waals surface area (Å²) in [6.07, 6.45) is 2.01. The molecule has 0 aliphatic carbocycles. The summed E-state index contributed by atoms with van der Waals surface area (Å²) in [5.74, 6) is 5.24. The summed E-state index contributed by atoms with van der Waals surface area (Å²) in [5, 5.41) is 2.55. The second-order valence-electron chi connectivity index (χ2n) is 9.84. The number of hydrogen-bond donors (Lipinski definition) is 1. The van der Waals surface area contributed by atoms with Crippen molar-refractivity contribution in [2.24, 2.45) is 0 Å². The lowest BCUT2D eigenvalue weighted by Crippen LogP contribution is -2.48. The third kappa shape index (κ3) is 6.30. The van der Waals surface area contributed by atoms with Gasteiger partial charge in [0.05, 0.1) is 18.0 Å². The monoisotopic (exact) mass is 547 g/mol. The highest BCUT2D eigenvalue weighted by Crippen LogP contribution is 2.34. The van der Waals surface area contributed by atoms with Gasteiger partial charge < -0.3 is 5.32 Å². The first-order chi connectivity index (χ1) is 19.2. The number of amides is 1. The van der Waals surface area contributed by atoms with Gasteiger partial charge in [0.1, 0.15) is 17.1 Å². The van der Waals surface area contributed by atoms with E-state index in [1.54, 1.807) is 41.3 Å². The Balaban J connectivity index is 1.30. The van der Waals surface area contributed by atoms with Gasteiger partial charge in [0.25, 0.3) is 5.91 Å². The molecule has 0 saturated carbocycles. The molecule has 11 heteroatoms. The van der Waals surface area contributed by atoms with E-state index in [1.807, 2.05) is 4.90 Å². The minimum absolute atomic E-state index is 0.0369. The van der Waals surface area contributed by atoms with Crippen molar-refractivity contribution in [1.29, 1.82) is 0 Å². The molecule has 206 valence electrons. The van der Waals surface area contributed by atoms with E-state index in [4.69, 9.17) is 0 Å². The number of anilines is 1. The maximum Gasteiger partial charge on any atom is 0.416 e. The Morgan fingerprint density at radius 2 is 1.88 bits per heavy atom. The van der Waals surface area contributed by atoms with Crippen molar-refractivity contribution in [2.75, 3.05) is 31.5 Å². The number of benzene rings is 1. The lowest BCUT2D eigenvalue weighted by Gasteiger charge is -2.37. The van der Waals surface area contributed by atoms with Gasteiger partial charge in [0, 0.05) is 56.8 Å². The van der Waals surface area contributed by atoms with Crippen molar-refractivity contribution >= 4 is 17.2 Å². The number of alkyl halides is 3. The summed E-state index contributed by atoms with van der Waals surface area (Å²) in [6.45, 7) is 7.47. The molecule has 1 N–H and O–H groups in total. The molecule has 4 heterocycles. The number of nitrogens with zero attached hydrogens (tertiary/aromatic N) is 6. The Kier molecular flexibility index (Phi) is 7.82. The van der Waals surface area contributed by atoms with Gasteiger partial charge in [-0.15, -0.1) is 0 Å². The third-order valence-electron chi connectivity index (χ3n) is 6.82. The van der Waals surface area contributed by atoms with Gasteiger partial charge in [-0.3, -0.25) is 24.0 Å². The van der Waals surface area contributed by atoms with E-state index in [9.17, 15) is 18.0 Å². The van der Waals surface area contributed by atoms with Crippen molar-refractivity contribution < 1.29 is 18.0 Å². The van der Waals surface area contributed by atoms with Crippen LogP contribution in [0.1, 0.15) is 46.9 Å². The van der Waals surface area contributed by atoms with Crippen LogP contribution in [-0.4, -0.2) is 67.3 Å².